The van der Waals surface area contributed by atoms with Gasteiger partial charge in [-0.1, -0.05) is 6.42 Å². The Balaban J connectivity index is 0. The monoisotopic (exact) mass is 243 g/mol. The first kappa shape index (κ1) is 14.8. The molecule has 0 aromatic rings. The van der Waals surface area contributed by atoms with Gasteiger partial charge in [-0.25, -0.2) is 0 Å². The molecule has 0 bridgehead atoms. The van der Waals surface area contributed by atoms with Crippen LogP contribution in [0.3, 0.4) is 0 Å². The fraction of sp³-hybridized carbons (Fsp3) is 0.625. The van der Waals surface area contributed by atoms with Crippen LogP contribution in [0.4, 0.5) is 0 Å². The van der Waals surface area contributed by atoms with Crippen molar-refractivity contribution < 1.29 is 37.5 Å². The molecule has 0 fully saturated rings. The van der Waals surface area contributed by atoms with Gasteiger partial charge < -0.3 is 23.4 Å². The van der Waals surface area contributed by atoms with E-state index >= 15 is 0 Å². The summed E-state index contributed by atoms with van der Waals surface area (Å²) < 4.78 is 0. The van der Waals surface area contributed by atoms with Crippen molar-refractivity contribution in [1.82, 2.24) is 5.32 Å². The maximum atomic E-state index is 10.0. The van der Waals surface area contributed by atoms with Gasteiger partial charge in [-0.15, -0.1) is 6.42 Å². The van der Waals surface area contributed by atoms with Crippen molar-refractivity contribution in [3.63, 3.8) is 0 Å². The van der Waals surface area contributed by atoms with Crippen molar-refractivity contribution in [2.24, 2.45) is 4.99 Å². The molecule has 0 radical (unpaired) electrons. The molecular weight excluding hydrogens is 229 g/mol. The Morgan fingerprint density at radius 1 is 1.75 bits per heavy atom. The average Bonchev–Trinajstić information content (AvgIpc) is 2.60. The number of hydrogen-bond donors (Lipinski definition) is 1. The predicted octanol–water partition coefficient (Wildman–Crippen LogP) is 0.682. The Labute approximate surface area is 99.3 Å². The third-order valence-corrected chi connectivity index (χ3v) is 1.18. The van der Waals surface area contributed by atoms with Crippen LogP contribution in [0.15, 0.2) is 4.99 Å². The minimum absolute atomic E-state index is 0. The van der Waals surface area contributed by atoms with Crippen LogP contribution in [0.5, 0.6) is 0 Å². The summed E-state index contributed by atoms with van der Waals surface area (Å²) in [4.78, 5) is 13.8. The number of nitrogens with one attached hydrogen (secondary N) is 1. The molecule has 0 saturated heterocycles. The van der Waals surface area contributed by atoms with Gasteiger partial charge in [0, 0.05) is 7.05 Å². The Bertz CT molecular complexity index is 125. The van der Waals surface area contributed by atoms with Crippen molar-refractivity contribution >= 4 is 12.1 Å². The summed E-state index contributed by atoms with van der Waals surface area (Å²) in [5.74, 6) is -0.0185. The third-order valence-electron chi connectivity index (χ3n) is 1.18. The van der Waals surface area contributed by atoms with Gasteiger partial charge in [-0.05, 0) is 6.54 Å². The van der Waals surface area contributed by atoms with E-state index in [2.05, 4.69) is 23.4 Å². The van der Waals surface area contributed by atoms with Gasteiger partial charge in [0.05, 0.1) is 0 Å². The second kappa shape index (κ2) is 11.2. The molecule has 1 aliphatic rings. The summed E-state index contributed by atoms with van der Waals surface area (Å²) in [6.07, 6.45) is 5.48. The molecule has 0 unspecified atom stereocenters. The van der Waals surface area contributed by atoms with Crippen LogP contribution < -0.4 is 5.32 Å². The van der Waals surface area contributed by atoms with Gasteiger partial charge in [0.15, 0.2) is 5.91 Å². The number of carbonyl (C=O) groups is 1. The topological polar surface area (TPSA) is 41.5 Å². The Hall–Kier alpha value is 0.244. The van der Waals surface area contributed by atoms with Gasteiger partial charge in [0.1, 0.15) is 0 Å². The van der Waals surface area contributed by atoms with Crippen LogP contribution >= 0.6 is 0 Å². The zero-order valence-electron chi connectivity index (χ0n) is 7.47. The van der Waals surface area contributed by atoms with E-state index in [1.54, 1.807) is 7.05 Å². The second-order valence-electron chi connectivity index (χ2n) is 2.07. The Morgan fingerprint density at radius 3 is 2.50 bits per heavy atom. The third kappa shape index (κ3) is 10.2. The quantitative estimate of drug-likeness (QED) is 0.676. The van der Waals surface area contributed by atoms with E-state index in [-0.39, 0.29) is 38.6 Å². The summed E-state index contributed by atoms with van der Waals surface area (Å²) in [6.45, 7) is 4.36. The van der Waals surface area contributed by atoms with Crippen LogP contribution in [0.1, 0.15) is 19.3 Å². The molecule has 1 heterocycles. The van der Waals surface area contributed by atoms with Crippen LogP contribution in [-0.4, -0.2) is 25.7 Å². The first-order valence-electron chi connectivity index (χ1n) is 3.70. The molecule has 0 spiro atoms. The second-order valence-corrected chi connectivity index (χ2v) is 2.07. The minimum atomic E-state index is -0.0185. The molecule has 1 amide bonds. The van der Waals surface area contributed by atoms with E-state index in [4.69, 9.17) is 0 Å². The van der Waals surface area contributed by atoms with Crippen molar-refractivity contribution in [3.8, 4) is 0 Å². The Kier molecular flexibility index (Phi) is 13.8. The number of carbonyl (C=O) groups excluding carboxylic acids is 1. The molecule has 12 heavy (non-hydrogen) atoms. The summed E-state index contributed by atoms with van der Waals surface area (Å²) in [6, 6.07) is 0. The maximum absolute atomic E-state index is 10.0. The molecular formula is C8H14N2OY+. The number of hydrogen-bond acceptors (Lipinski definition) is 2. The van der Waals surface area contributed by atoms with E-state index in [0.29, 0.717) is 6.42 Å². The largest absolute Gasteiger partial charge is 3.00 e. The first-order valence-corrected chi connectivity index (χ1v) is 3.70. The fourth-order valence-corrected chi connectivity index (χ4v) is 0.520. The molecule has 0 aliphatic carbocycles. The van der Waals surface area contributed by atoms with E-state index in [1.807, 2.05) is 0 Å². The molecule has 1 N–H and O–H groups in total. The van der Waals surface area contributed by atoms with Crippen LogP contribution in [0.2, 0.25) is 0 Å². The van der Waals surface area contributed by atoms with E-state index in [9.17, 15) is 4.79 Å². The van der Waals surface area contributed by atoms with Crippen molar-refractivity contribution in [2.45, 2.75) is 19.3 Å². The van der Waals surface area contributed by atoms with E-state index < -0.39 is 0 Å². The van der Waals surface area contributed by atoms with Gasteiger partial charge in [-0.3, -0.25) is 4.79 Å². The van der Waals surface area contributed by atoms with Crippen LogP contribution in [0, 0.1) is 6.92 Å². The van der Waals surface area contributed by atoms with Crippen molar-refractivity contribution in [2.75, 3.05) is 13.6 Å². The molecule has 0 aromatic carbocycles. The summed E-state index contributed by atoms with van der Waals surface area (Å²) in [5.41, 5.74) is 0. The average molecular weight is 243 g/mol. The normalized spacial score (nSPS) is 12.5. The van der Waals surface area contributed by atoms with Crippen molar-refractivity contribution in [3.05, 3.63) is 6.92 Å². The number of amides is 1. The molecule has 4 heteroatoms. The summed E-state index contributed by atoms with van der Waals surface area (Å²) >= 11 is 0. The SMILES string of the molecule is [C-]1=NCCC1.[CH2-]CC(=O)NC.[Y+3]. The summed E-state index contributed by atoms with van der Waals surface area (Å²) in [7, 11) is 1.59. The number of rotatable bonds is 1. The smallest absolute Gasteiger partial charge is 0.503 e. The molecule has 0 aromatic heterocycles. The molecule has 0 saturated carbocycles. The predicted molar refractivity (Wildman–Crippen MR) is 45.6 cm³/mol. The fourth-order valence-electron chi connectivity index (χ4n) is 0.520. The molecule has 64 valence electrons. The van der Waals surface area contributed by atoms with Crippen LogP contribution in [-0.2, 0) is 37.5 Å². The van der Waals surface area contributed by atoms with Gasteiger partial charge >= 0.3 is 32.7 Å². The molecule has 1 rings (SSSR count). The molecule has 0 atom stereocenters. The number of nitrogens with zero attached hydrogens (tertiary/aromatic N) is 1. The Morgan fingerprint density at radius 2 is 2.42 bits per heavy atom. The van der Waals surface area contributed by atoms with E-state index in [0.717, 1.165) is 13.0 Å². The van der Waals surface area contributed by atoms with Crippen molar-refractivity contribution in [1.29, 1.82) is 0 Å². The zero-order valence-corrected chi connectivity index (χ0v) is 10.3. The zero-order chi connectivity index (χ0) is 8.53. The van der Waals surface area contributed by atoms with Gasteiger partial charge in [0.2, 0.25) is 0 Å². The van der Waals surface area contributed by atoms with Crippen LogP contribution in [0.25, 0.3) is 0 Å². The first-order chi connectivity index (χ1) is 5.31. The standard InChI is InChI=1S/C4H8NO.C4H6N.Y/c1-3-4(6)5-2;1-2-4-5-3-1;/h1,3H2,2H3,(H,5,6);1-3H2;/q2*-1;+3. The van der Waals surface area contributed by atoms with Gasteiger partial charge in [0.25, 0.3) is 0 Å². The number of aliphatic imine (C=N–C) groups is 1. The van der Waals surface area contributed by atoms with E-state index in [1.165, 1.54) is 6.42 Å². The molecule has 3 nitrogen and oxygen atoms in total. The summed E-state index contributed by atoms with van der Waals surface area (Å²) in [5, 5.41) is 2.41. The van der Waals surface area contributed by atoms with Gasteiger partial charge in [-0.2, -0.15) is 6.42 Å². The molecule has 1 aliphatic heterocycles. The minimum Gasteiger partial charge on any atom is -0.503 e. The maximum Gasteiger partial charge on any atom is 3.00 e.